The van der Waals surface area contributed by atoms with E-state index in [-0.39, 0.29) is 5.79 Å². The van der Waals surface area contributed by atoms with Gasteiger partial charge in [-0.2, -0.15) is 0 Å². The van der Waals surface area contributed by atoms with Gasteiger partial charge in [0.05, 0.1) is 18.8 Å². The smallest absolute Gasteiger partial charge is 0.174 e. The molecule has 0 aromatic heterocycles. The van der Waals surface area contributed by atoms with Gasteiger partial charge in [-0.05, 0) is 44.4 Å². The molecule has 4 aliphatic carbocycles. The Morgan fingerprint density at radius 1 is 1.00 bits per heavy atom. The van der Waals surface area contributed by atoms with Crippen molar-refractivity contribution in [2.75, 3.05) is 13.2 Å². The number of aliphatic hydroxyl groups is 1. The Labute approximate surface area is 96.1 Å². The summed E-state index contributed by atoms with van der Waals surface area (Å²) in [6, 6.07) is 0. The highest BCUT2D eigenvalue weighted by Crippen LogP contribution is 2.60. The molecule has 1 N–H and O–H groups in total. The fourth-order valence-corrected chi connectivity index (χ4v) is 4.84. The molecule has 4 bridgehead atoms. The normalized spacial score (nSPS) is 53.4. The Kier molecular flexibility index (Phi) is 1.85. The van der Waals surface area contributed by atoms with Crippen molar-refractivity contribution < 1.29 is 14.6 Å². The molecule has 16 heavy (non-hydrogen) atoms. The Morgan fingerprint density at radius 2 is 1.62 bits per heavy atom. The Morgan fingerprint density at radius 3 is 2.25 bits per heavy atom. The highest BCUT2D eigenvalue weighted by atomic mass is 16.7. The van der Waals surface area contributed by atoms with E-state index in [1.165, 1.54) is 19.3 Å². The van der Waals surface area contributed by atoms with Gasteiger partial charge in [-0.3, -0.25) is 0 Å². The van der Waals surface area contributed by atoms with Gasteiger partial charge in [-0.15, -0.1) is 0 Å². The van der Waals surface area contributed by atoms with E-state index in [2.05, 4.69) is 0 Å². The lowest BCUT2D eigenvalue weighted by Crippen LogP contribution is -2.57. The molecule has 1 aliphatic heterocycles. The first-order valence-corrected chi connectivity index (χ1v) is 6.70. The second-order valence-electron chi connectivity index (χ2n) is 6.32. The molecule has 4 atom stereocenters. The maximum atomic E-state index is 10.6. The number of hydrogen-bond donors (Lipinski definition) is 1. The summed E-state index contributed by atoms with van der Waals surface area (Å²) >= 11 is 0. The summed E-state index contributed by atoms with van der Waals surface area (Å²) < 4.78 is 12.0. The zero-order chi connectivity index (χ0) is 10.8. The molecule has 1 saturated heterocycles. The van der Waals surface area contributed by atoms with Gasteiger partial charge in [0.25, 0.3) is 0 Å². The number of hydrogen-bond acceptors (Lipinski definition) is 3. The summed E-state index contributed by atoms with van der Waals surface area (Å²) in [6.07, 6.45) is 6.43. The summed E-state index contributed by atoms with van der Waals surface area (Å²) in [4.78, 5) is 0. The molecule has 1 spiro atoms. The maximum Gasteiger partial charge on any atom is 0.174 e. The largest absolute Gasteiger partial charge is 0.390 e. The fraction of sp³-hybridized carbons (Fsp3) is 1.00. The van der Waals surface area contributed by atoms with Crippen molar-refractivity contribution >= 4 is 0 Å². The molecular weight excluding hydrogens is 204 g/mol. The van der Waals surface area contributed by atoms with Crippen LogP contribution < -0.4 is 0 Å². The van der Waals surface area contributed by atoms with Crippen molar-refractivity contribution in [1.82, 2.24) is 0 Å². The van der Waals surface area contributed by atoms with Gasteiger partial charge in [0.1, 0.15) is 0 Å². The van der Waals surface area contributed by atoms with Crippen molar-refractivity contribution in [1.29, 1.82) is 0 Å². The van der Waals surface area contributed by atoms with Crippen molar-refractivity contribution in [2.24, 2.45) is 17.8 Å². The maximum absolute atomic E-state index is 10.6. The van der Waals surface area contributed by atoms with Crippen molar-refractivity contribution in [2.45, 2.75) is 49.9 Å². The van der Waals surface area contributed by atoms with E-state index in [0.29, 0.717) is 11.8 Å². The van der Waals surface area contributed by atoms with E-state index >= 15 is 0 Å². The number of rotatable bonds is 0. The van der Waals surface area contributed by atoms with Crippen LogP contribution >= 0.6 is 0 Å². The third-order valence-corrected chi connectivity index (χ3v) is 5.38. The lowest BCUT2D eigenvalue weighted by molar-refractivity contribution is -0.284. The quantitative estimate of drug-likeness (QED) is 0.680. The van der Waals surface area contributed by atoms with Gasteiger partial charge in [0.2, 0.25) is 0 Å². The van der Waals surface area contributed by atoms with E-state index in [4.69, 9.17) is 9.47 Å². The molecule has 1 heterocycles. The van der Waals surface area contributed by atoms with Gasteiger partial charge >= 0.3 is 0 Å². The first-order chi connectivity index (χ1) is 7.70. The number of ether oxygens (including phenoxy) is 2. The zero-order valence-electron chi connectivity index (χ0n) is 9.65. The van der Waals surface area contributed by atoms with Gasteiger partial charge in [0, 0.05) is 11.8 Å². The van der Waals surface area contributed by atoms with Gasteiger partial charge in [-0.1, -0.05) is 0 Å². The minimum Gasteiger partial charge on any atom is -0.390 e. The third kappa shape index (κ3) is 1.14. The van der Waals surface area contributed by atoms with Crippen LogP contribution in [0.1, 0.15) is 38.5 Å². The van der Waals surface area contributed by atoms with Crippen molar-refractivity contribution in [3.8, 4) is 0 Å². The zero-order valence-corrected chi connectivity index (χ0v) is 9.65. The van der Waals surface area contributed by atoms with Crippen LogP contribution in [0.5, 0.6) is 0 Å². The predicted molar refractivity (Wildman–Crippen MR) is 57.8 cm³/mol. The second kappa shape index (κ2) is 3.01. The Bertz CT molecular complexity index is 290. The van der Waals surface area contributed by atoms with Gasteiger partial charge < -0.3 is 14.6 Å². The van der Waals surface area contributed by atoms with E-state index in [0.717, 1.165) is 38.4 Å². The summed E-state index contributed by atoms with van der Waals surface area (Å²) in [6.45, 7) is 1.49. The molecule has 4 saturated carbocycles. The standard InChI is InChI=1S/C13H20O3/c14-12-2-1-9-5-10(7-12)13(11(6-9)8-12)15-3-4-16-13/h9-11,14H,1-8H2/t9?,10-,11+,12?. The van der Waals surface area contributed by atoms with Crippen LogP contribution in [0, 0.1) is 17.8 Å². The molecule has 0 aromatic rings. The van der Waals surface area contributed by atoms with Crippen LogP contribution in [0.2, 0.25) is 0 Å². The van der Waals surface area contributed by atoms with E-state index in [1.807, 2.05) is 0 Å². The summed E-state index contributed by atoms with van der Waals surface area (Å²) in [7, 11) is 0. The summed E-state index contributed by atoms with van der Waals surface area (Å²) in [5, 5.41) is 10.6. The SMILES string of the molecule is OC12CCC3C[C@H](C1)C1(OCCO1)[C@@H](C3)C2. The van der Waals surface area contributed by atoms with Gasteiger partial charge in [-0.25, -0.2) is 0 Å². The molecule has 5 rings (SSSR count). The predicted octanol–water partition coefficient (Wildman–Crippen LogP) is 1.69. The summed E-state index contributed by atoms with van der Waals surface area (Å²) in [5.41, 5.74) is -0.402. The van der Waals surface area contributed by atoms with Crippen molar-refractivity contribution in [3.63, 3.8) is 0 Å². The molecule has 3 nitrogen and oxygen atoms in total. The highest BCUT2D eigenvalue weighted by Gasteiger charge is 2.62. The average Bonchev–Trinajstić information content (AvgIpc) is 2.60. The Balaban J connectivity index is 1.75. The molecule has 90 valence electrons. The minimum absolute atomic E-state index is 0.299. The van der Waals surface area contributed by atoms with Crippen LogP contribution in [0.15, 0.2) is 0 Å². The lowest BCUT2D eigenvalue weighted by Gasteiger charge is -2.53. The lowest BCUT2D eigenvalue weighted by atomic mass is 9.62. The summed E-state index contributed by atoms with van der Waals surface area (Å²) in [5.74, 6) is 1.40. The topological polar surface area (TPSA) is 38.7 Å². The first-order valence-electron chi connectivity index (χ1n) is 6.70. The van der Waals surface area contributed by atoms with Crippen LogP contribution in [-0.4, -0.2) is 29.7 Å². The number of fused-ring (bicyclic) bond motifs is 1. The third-order valence-electron chi connectivity index (χ3n) is 5.38. The minimum atomic E-state index is -0.402. The van der Waals surface area contributed by atoms with Crippen LogP contribution in [-0.2, 0) is 9.47 Å². The molecule has 2 unspecified atom stereocenters. The first kappa shape index (κ1) is 9.86. The van der Waals surface area contributed by atoms with E-state index < -0.39 is 5.60 Å². The molecule has 5 fully saturated rings. The second-order valence-corrected chi connectivity index (χ2v) is 6.32. The average molecular weight is 224 g/mol. The van der Waals surface area contributed by atoms with Crippen molar-refractivity contribution in [3.05, 3.63) is 0 Å². The highest BCUT2D eigenvalue weighted by molar-refractivity contribution is 5.08. The fourth-order valence-electron chi connectivity index (χ4n) is 4.84. The molecule has 0 aromatic carbocycles. The monoisotopic (exact) mass is 224 g/mol. The molecular formula is C13H20O3. The molecule has 3 heteroatoms. The van der Waals surface area contributed by atoms with Crippen LogP contribution in [0.25, 0.3) is 0 Å². The molecule has 0 amide bonds. The van der Waals surface area contributed by atoms with E-state index in [1.54, 1.807) is 0 Å². The van der Waals surface area contributed by atoms with Crippen LogP contribution in [0.4, 0.5) is 0 Å². The van der Waals surface area contributed by atoms with Gasteiger partial charge in [0.15, 0.2) is 5.79 Å². The molecule has 0 radical (unpaired) electrons. The Hall–Kier alpha value is -0.120. The molecule has 5 aliphatic rings. The van der Waals surface area contributed by atoms with Crippen LogP contribution in [0.3, 0.4) is 0 Å². The van der Waals surface area contributed by atoms with E-state index in [9.17, 15) is 5.11 Å².